The van der Waals surface area contributed by atoms with Crippen LogP contribution >= 0.6 is 0 Å². The van der Waals surface area contributed by atoms with Crippen molar-refractivity contribution in [3.05, 3.63) is 497 Å². The Kier molecular flexibility index (Phi) is 19.1. The minimum atomic E-state index is 1.23. The number of hydrogen-bond donors (Lipinski definition) is 0. The molecular formula is C126H82. The van der Waals surface area contributed by atoms with E-state index < -0.39 is 0 Å². The van der Waals surface area contributed by atoms with E-state index >= 15 is 0 Å². The maximum Gasteiger partial charge on any atom is -0.00262 e. The highest BCUT2D eigenvalue weighted by Gasteiger charge is 2.22. The average molecular weight is 1600 g/mol. The van der Waals surface area contributed by atoms with E-state index in [0.717, 1.165) is 0 Å². The summed E-state index contributed by atoms with van der Waals surface area (Å²) in [6.07, 6.45) is 0. The van der Waals surface area contributed by atoms with Crippen molar-refractivity contribution in [2.24, 2.45) is 0 Å². The summed E-state index contributed by atoms with van der Waals surface area (Å²) in [6.45, 7) is 0. The molecule has 25 rings (SSSR count). The van der Waals surface area contributed by atoms with E-state index in [1.54, 1.807) is 0 Å². The van der Waals surface area contributed by atoms with Gasteiger partial charge in [-0.2, -0.15) is 0 Å². The van der Waals surface area contributed by atoms with Gasteiger partial charge in [0.1, 0.15) is 0 Å². The lowest BCUT2D eigenvalue weighted by molar-refractivity contribution is 1.63. The monoisotopic (exact) mass is 1590 g/mol. The lowest BCUT2D eigenvalue weighted by Gasteiger charge is -2.18. The summed E-state index contributed by atoms with van der Waals surface area (Å²) >= 11 is 0. The van der Waals surface area contributed by atoms with E-state index in [4.69, 9.17) is 0 Å². The molecule has 0 aliphatic heterocycles. The van der Waals surface area contributed by atoms with E-state index in [-0.39, 0.29) is 0 Å². The molecule has 0 unspecified atom stereocenters. The first kappa shape index (κ1) is 74.7. The molecule has 0 amide bonds. The zero-order valence-corrected chi connectivity index (χ0v) is 69.3. The smallest absolute Gasteiger partial charge is 0.00262 e. The van der Waals surface area contributed by atoms with Crippen LogP contribution in [-0.2, 0) is 0 Å². The predicted molar refractivity (Wildman–Crippen MR) is 544 cm³/mol. The molecule has 0 spiro atoms. The van der Waals surface area contributed by atoms with Crippen molar-refractivity contribution in [2.75, 3.05) is 0 Å². The molecule has 0 radical (unpaired) electrons. The summed E-state index contributed by atoms with van der Waals surface area (Å²) in [5, 5.41) is 30.5. The fourth-order valence-corrected chi connectivity index (χ4v) is 19.8. The van der Waals surface area contributed by atoms with Crippen molar-refractivity contribution < 1.29 is 0 Å². The second-order valence-electron chi connectivity index (χ2n) is 33.2. The quantitative estimate of drug-likeness (QED) is 0.120. The SMILES string of the molecule is c1ccc(-c2ccc3cc(-c4c5ccccc5c(-c5ccc(-c6ccc7ccccc7c6)cc5)c5ccccc45)ccc3c2)cc1.c1ccc2cc(-c3c4ccccc4c(-c4ccc(-c5cccc6ccccc56)cc4)c4ccccc34)ccc2c1.c1ccc2cc(-c3ccc(-c4c5ccccc5c(-c5ccc6ccccc6c5)c5ccccc45)cc3)ccc2c1. The van der Waals surface area contributed by atoms with E-state index in [1.807, 2.05) is 0 Å². The topological polar surface area (TPSA) is 0 Å². The minimum Gasteiger partial charge on any atom is -0.0622 e. The highest BCUT2D eigenvalue weighted by molar-refractivity contribution is 6.25. The molecule has 25 aromatic carbocycles. The largest absolute Gasteiger partial charge is 0.0622 e. The van der Waals surface area contributed by atoms with Crippen molar-refractivity contribution in [1.82, 2.24) is 0 Å². The van der Waals surface area contributed by atoms with Gasteiger partial charge in [0.15, 0.2) is 0 Å². The van der Waals surface area contributed by atoms with Gasteiger partial charge < -0.3 is 0 Å². The first-order valence-corrected chi connectivity index (χ1v) is 43.6. The molecule has 126 heavy (non-hydrogen) atoms. The normalized spacial score (nSPS) is 11.5. The first-order chi connectivity index (χ1) is 62.5. The third kappa shape index (κ3) is 13.7. The third-order valence-corrected chi connectivity index (χ3v) is 25.9. The van der Waals surface area contributed by atoms with Crippen LogP contribution in [0.25, 0.3) is 241 Å². The van der Waals surface area contributed by atoms with Crippen LogP contribution in [-0.4, -0.2) is 0 Å². The summed E-state index contributed by atoms with van der Waals surface area (Å²) < 4.78 is 0. The molecule has 586 valence electrons. The molecule has 0 N–H and O–H groups in total. The van der Waals surface area contributed by atoms with Gasteiger partial charge in [-0.1, -0.05) is 461 Å². The van der Waals surface area contributed by atoms with Gasteiger partial charge in [-0.25, -0.2) is 0 Å². The van der Waals surface area contributed by atoms with Crippen LogP contribution in [0.5, 0.6) is 0 Å². The number of fused-ring (bicyclic) bond motifs is 12. The van der Waals surface area contributed by atoms with Gasteiger partial charge in [-0.15, -0.1) is 0 Å². The fourth-order valence-electron chi connectivity index (χ4n) is 19.8. The lowest BCUT2D eigenvalue weighted by atomic mass is 9.85. The van der Waals surface area contributed by atoms with Crippen molar-refractivity contribution in [3.63, 3.8) is 0 Å². The van der Waals surface area contributed by atoms with Crippen molar-refractivity contribution in [1.29, 1.82) is 0 Å². The van der Waals surface area contributed by atoms with Crippen molar-refractivity contribution >= 4 is 129 Å². The zero-order chi connectivity index (χ0) is 83.4. The van der Waals surface area contributed by atoms with Gasteiger partial charge in [0.05, 0.1) is 0 Å². The van der Waals surface area contributed by atoms with Crippen LogP contribution in [0.3, 0.4) is 0 Å². The van der Waals surface area contributed by atoms with Gasteiger partial charge in [0, 0.05) is 0 Å². The Morgan fingerprint density at radius 3 is 0.548 bits per heavy atom. The molecule has 0 fully saturated rings. The fraction of sp³-hybridized carbons (Fsp3) is 0. The summed E-state index contributed by atoms with van der Waals surface area (Å²) in [7, 11) is 0. The summed E-state index contributed by atoms with van der Waals surface area (Å²) in [6, 6.07) is 182. The molecule has 0 heterocycles. The van der Waals surface area contributed by atoms with Crippen molar-refractivity contribution in [3.8, 4) is 111 Å². The predicted octanol–water partition coefficient (Wildman–Crippen LogP) is 35.6. The molecule has 0 atom stereocenters. The third-order valence-electron chi connectivity index (χ3n) is 25.9. The Balaban J connectivity index is 0.000000109. The minimum absolute atomic E-state index is 1.23. The van der Waals surface area contributed by atoms with Crippen molar-refractivity contribution in [2.45, 2.75) is 0 Å². The maximum absolute atomic E-state index is 2.36. The molecule has 0 aliphatic carbocycles. The van der Waals surface area contributed by atoms with Crippen LogP contribution in [0.4, 0.5) is 0 Å². The molecule has 0 bridgehead atoms. The summed E-state index contributed by atoms with van der Waals surface area (Å²) in [4.78, 5) is 0. The van der Waals surface area contributed by atoms with Crippen LogP contribution in [0, 0.1) is 0 Å². The molecule has 0 saturated heterocycles. The highest BCUT2D eigenvalue weighted by Crippen LogP contribution is 2.50. The Bertz CT molecular complexity index is 8370. The van der Waals surface area contributed by atoms with E-state index in [0.29, 0.717) is 0 Å². The standard InChI is InChI=1S/C46H30.2C40H26/c1-2-10-31(11-3-1)36-24-25-39-30-40(27-26-38(39)29-36)46-43-16-8-6-14-41(43)45(42-15-7-9-17-44(42)46)34-21-18-33(19-22-34)37-23-20-32-12-4-5-13-35(32)28-37;1-3-11-31-25-33(23-19-27(31)9-1)29-17-21-30(22-18-29)39-35-13-5-7-15-37(35)40(38-16-8-6-14-36(38)39)34-24-20-28-10-2-4-12-32(28)26-34;1-2-12-31-26-32(25-20-27(31)10-1)40-37-17-7-5-15-35(37)39(36-16-6-8-18-38(36)40)30-23-21-29(22-24-30)34-19-9-13-28-11-3-4-14-33(28)34/h1-30H;2*1-26H. The zero-order valence-electron chi connectivity index (χ0n) is 69.3. The molecule has 0 aromatic heterocycles. The molecule has 0 saturated carbocycles. The van der Waals surface area contributed by atoms with Gasteiger partial charge in [0.2, 0.25) is 0 Å². The molecule has 0 nitrogen and oxygen atoms in total. The second-order valence-corrected chi connectivity index (χ2v) is 33.2. The number of hydrogen-bond acceptors (Lipinski definition) is 0. The highest BCUT2D eigenvalue weighted by atomic mass is 14.3. The Hall–Kier alpha value is -16.4. The summed E-state index contributed by atoms with van der Waals surface area (Å²) in [5.74, 6) is 0. The van der Waals surface area contributed by atoms with E-state index in [1.165, 1.54) is 241 Å². The average Bonchev–Trinajstić information content (AvgIpc) is 0.739. The Morgan fingerprint density at radius 1 is 0.0794 bits per heavy atom. The van der Waals surface area contributed by atoms with Crippen LogP contribution in [0.15, 0.2) is 497 Å². The molecular weight excluding hydrogens is 1510 g/mol. The molecule has 25 aromatic rings. The first-order valence-electron chi connectivity index (χ1n) is 43.6. The molecule has 0 heteroatoms. The van der Waals surface area contributed by atoms with E-state index in [2.05, 4.69) is 497 Å². The Labute approximate surface area is 732 Å². The van der Waals surface area contributed by atoms with Gasteiger partial charge in [-0.05, 0) is 277 Å². The maximum atomic E-state index is 2.36. The lowest BCUT2D eigenvalue weighted by Crippen LogP contribution is -1.91. The van der Waals surface area contributed by atoms with Crippen LogP contribution < -0.4 is 0 Å². The van der Waals surface area contributed by atoms with Gasteiger partial charge >= 0.3 is 0 Å². The van der Waals surface area contributed by atoms with Crippen LogP contribution in [0.1, 0.15) is 0 Å². The number of benzene rings is 25. The van der Waals surface area contributed by atoms with Crippen LogP contribution in [0.2, 0.25) is 0 Å². The van der Waals surface area contributed by atoms with E-state index in [9.17, 15) is 0 Å². The molecule has 0 aliphatic rings. The van der Waals surface area contributed by atoms with Gasteiger partial charge in [0.25, 0.3) is 0 Å². The summed E-state index contributed by atoms with van der Waals surface area (Å²) in [5.41, 5.74) is 25.1. The van der Waals surface area contributed by atoms with Gasteiger partial charge in [-0.3, -0.25) is 0 Å². The Morgan fingerprint density at radius 2 is 0.254 bits per heavy atom. The second kappa shape index (κ2) is 32.2. The number of rotatable bonds is 10.